The lowest BCUT2D eigenvalue weighted by atomic mass is 10.0. The highest BCUT2D eigenvalue weighted by atomic mass is 16.5. The second-order valence-electron chi connectivity index (χ2n) is 3.40. The Labute approximate surface area is 73.5 Å². The fourth-order valence-electron chi connectivity index (χ4n) is 1.76. The van der Waals surface area contributed by atoms with Crippen molar-refractivity contribution in [1.29, 1.82) is 0 Å². The predicted molar refractivity (Wildman–Crippen MR) is 48.8 cm³/mol. The molecule has 0 bridgehead atoms. The average molecular weight is 165 g/mol. The maximum Gasteiger partial charge on any atom is 0.0700 e. The fraction of sp³-hybridized carbons (Fsp3) is 0.600. The fourth-order valence-corrected chi connectivity index (χ4v) is 1.76. The van der Waals surface area contributed by atoms with Crippen LogP contribution < -0.4 is 0 Å². The molecule has 2 rings (SSSR count). The molecule has 0 unspecified atom stereocenters. The van der Waals surface area contributed by atoms with E-state index in [-0.39, 0.29) is 0 Å². The third kappa shape index (κ3) is 1.39. The van der Waals surface area contributed by atoms with E-state index in [0.29, 0.717) is 0 Å². The van der Waals surface area contributed by atoms with Crippen molar-refractivity contribution in [2.45, 2.75) is 12.8 Å². The zero-order chi connectivity index (χ0) is 8.39. The smallest absolute Gasteiger partial charge is 0.0700 e. The minimum absolute atomic E-state index is 0.837. The van der Waals surface area contributed by atoms with Crippen molar-refractivity contribution in [2.24, 2.45) is 0 Å². The summed E-state index contributed by atoms with van der Waals surface area (Å²) in [7, 11) is 2.14. The van der Waals surface area contributed by atoms with Gasteiger partial charge in [0.1, 0.15) is 0 Å². The van der Waals surface area contributed by atoms with Gasteiger partial charge in [-0.1, -0.05) is 6.08 Å². The maximum atomic E-state index is 5.50. The summed E-state index contributed by atoms with van der Waals surface area (Å²) in [5.41, 5.74) is 2.86. The molecular formula is C10H15NO. The first-order valence-electron chi connectivity index (χ1n) is 4.55. The van der Waals surface area contributed by atoms with Crippen LogP contribution in [0.1, 0.15) is 12.8 Å². The summed E-state index contributed by atoms with van der Waals surface area (Å²) in [6, 6.07) is 0. The quantitative estimate of drug-likeness (QED) is 0.540. The van der Waals surface area contributed by atoms with E-state index in [1.165, 1.54) is 24.1 Å². The Morgan fingerprint density at radius 3 is 3.33 bits per heavy atom. The minimum atomic E-state index is 0.837. The summed E-state index contributed by atoms with van der Waals surface area (Å²) >= 11 is 0. The van der Waals surface area contributed by atoms with Crippen molar-refractivity contribution in [3.05, 3.63) is 23.4 Å². The van der Waals surface area contributed by atoms with Gasteiger partial charge in [0.05, 0.1) is 13.2 Å². The number of allylic oxidation sites excluding steroid dienone is 2. The van der Waals surface area contributed by atoms with Gasteiger partial charge in [0, 0.05) is 19.3 Å². The summed E-state index contributed by atoms with van der Waals surface area (Å²) in [4.78, 5) is 2.29. The Hall–Kier alpha value is -0.760. The molecule has 0 aromatic heterocycles. The van der Waals surface area contributed by atoms with E-state index in [4.69, 9.17) is 4.74 Å². The molecule has 1 heterocycles. The third-order valence-corrected chi connectivity index (χ3v) is 2.51. The number of likely N-dealkylation sites (N-methyl/N-ethyl adjacent to an activating group) is 1. The topological polar surface area (TPSA) is 12.5 Å². The van der Waals surface area contributed by atoms with Gasteiger partial charge < -0.3 is 9.64 Å². The molecule has 2 nitrogen and oxygen atoms in total. The van der Waals surface area contributed by atoms with Gasteiger partial charge in [-0.2, -0.15) is 0 Å². The lowest BCUT2D eigenvalue weighted by molar-refractivity contribution is 0.151. The number of rotatable bonds is 0. The van der Waals surface area contributed by atoms with E-state index in [1.54, 1.807) is 0 Å². The second-order valence-corrected chi connectivity index (χ2v) is 3.40. The number of ether oxygens (including phenoxy) is 1. The molecule has 0 aromatic carbocycles. The van der Waals surface area contributed by atoms with E-state index in [2.05, 4.69) is 24.1 Å². The van der Waals surface area contributed by atoms with Crippen molar-refractivity contribution in [2.75, 3.05) is 26.8 Å². The summed E-state index contributed by atoms with van der Waals surface area (Å²) in [5.74, 6) is 0. The molecule has 2 heteroatoms. The van der Waals surface area contributed by atoms with Crippen LogP contribution in [0.15, 0.2) is 23.4 Å². The molecule has 1 aliphatic heterocycles. The van der Waals surface area contributed by atoms with Crippen LogP contribution in [-0.2, 0) is 4.74 Å². The van der Waals surface area contributed by atoms with Crippen LogP contribution in [0, 0.1) is 0 Å². The SMILES string of the molecule is CN1CCOCC2=C1C=CCC2. The molecule has 2 aliphatic rings. The van der Waals surface area contributed by atoms with E-state index < -0.39 is 0 Å². The van der Waals surface area contributed by atoms with Crippen LogP contribution in [0.3, 0.4) is 0 Å². The van der Waals surface area contributed by atoms with Crippen LogP contribution >= 0.6 is 0 Å². The normalized spacial score (nSPS) is 23.9. The zero-order valence-electron chi connectivity index (χ0n) is 7.55. The number of hydrogen-bond donors (Lipinski definition) is 0. The van der Waals surface area contributed by atoms with E-state index in [9.17, 15) is 0 Å². The molecule has 0 atom stereocenters. The van der Waals surface area contributed by atoms with E-state index in [0.717, 1.165) is 19.8 Å². The largest absolute Gasteiger partial charge is 0.375 e. The van der Waals surface area contributed by atoms with Crippen LogP contribution in [0.2, 0.25) is 0 Å². The Morgan fingerprint density at radius 2 is 2.42 bits per heavy atom. The first kappa shape index (κ1) is 7.87. The molecule has 0 saturated carbocycles. The summed E-state index contributed by atoms with van der Waals surface area (Å²) in [6.45, 7) is 2.71. The van der Waals surface area contributed by atoms with Crippen molar-refractivity contribution >= 4 is 0 Å². The monoisotopic (exact) mass is 165 g/mol. The zero-order valence-corrected chi connectivity index (χ0v) is 7.55. The molecule has 0 fully saturated rings. The van der Waals surface area contributed by atoms with Gasteiger partial charge in [-0.3, -0.25) is 0 Å². The highest BCUT2D eigenvalue weighted by Gasteiger charge is 2.15. The molecular weight excluding hydrogens is 150 g/mol. The van der Waals surface area contributed by atoms with Crippen LogP contribution in [0.4, 0.5) is 0 Å². The Balaban J connectivity index is 2.25. The van der Waals surface area contributed by atoms with Crippen molar-refractivity contribution in [3.63, 3.8) is 0 Å². The van der Waals surface area contributed by atoms with E-state index in [1.807, 2.05) is 0 Å². The highest BCUT2D eigenvalue weighted by Crippen LogP contribution is 2.22. The van der Waals surface area contributed by atoms with Gasteiger partial charge in [-0.25, -0.2) is 0 Å². The first-order chi connectivity index (χ1) is 5.88. The third-order valence-electron chi connectivity index (χ3n) is 2.51. The Bertz CT molecular complexity index is 230. The standard InChI is InChI=1S/C10H15NO/c1-11-6-7-12-8-9-4-2-3-5-10(9)11/h3,5H,2,4,6-8H2,1H3. The molecule has 0 aromatic rings. The number of nitrogens with zero attached hydrogens (tertiary/aromatic N) is 1. The predicted octanol–water partition coefficient (Wildman–Crippen LogP) is 1.55. The lowest BCUT2D eigenvalue weighted by Crippen LogP contribution is -2.20. The summed E-state index contributed by atoms with van der Waals surface area (Å²) in [5, 5.41) is 0. The van der Waals surface area contributed by atoms with E-state index >= 15 is 0 Å². The molecule has 12 heavy (non-hydrogen) atoms. The second kappa shape index (κ2) is 3.31. The number of hydrogen-bond acceptors (Lipinski definition) is 2. The van der Waals surface area contributed by atoms with Crippen molar-refractivity contribution in [1.82, 2.24) is 4.90 Å². The molecule has 0 spiro atoms. The summed E-state index contributed by atoms with van der Waals surface area (Å²) in [6.07, 6.45) is 6.83. The molecule has 1 aliphatic carbocycles. The molecule has 66 valence electrons. The first-order valence-corrected chi connectivity index (χ1v) is 4.55. The van der Waals surface area contributed by atoms with Gasteiger partial charge in [0.2, 0.25) is 0 Å². The summed E-state index contributed by atoms with van der Waals surface area (Å²) < 4.78 is 5.50. The van der Waals surface area contributed by atoms with Gasteiger partial charge >= 0.3 is 0 Å². The van der Waals surface area contributed by atoms with Crippen molar-refractivity contribution < 1.29 is 4.74 Å². The van der Waals surface area contributed by atoms with Gasteiger partial charge in [-0.15, -0.1) is 0 Å². The molecule has 0 saturated heterocycles. The van der Waals surface area contributed by atoms with Crippen LogP contribution in [0.5, 0.6) is 0 Å². The Kier molecular flexibility index (Phi) is 2.17. The van der Waals surface area contributed by atoms with Crippen molar-refractivity contribution in [3.8, 4) is 0 Å². The van der Waals surface area contributed by atoms with Gasteiger partial charge in [0.25, 0.3) is 0 Å². The average Bonchev–Trinajstić information content (AvgIpc) is 2.29. The molecule has 0 N–H and O–H groups in total. The van der Waals surface area contributed by atoms with Gasteiger partial charge in [-0.05, 0) is 24.5 Å². The Morgan fingerprint density at radius 1 is 1.50 bits per heavy atom. The minimum Gasteiger partial charge on any atom is -0.375 e. The highest BCUT2D eigenvalue weighted by molar-refractivity contribution is 5.29. The van der Waals surface area contributed by atoms with Gasteiger partial charge in [0.15, 0.2) is 0 Å². The molecule has 0 amide bonds. The van der Waals surface area contributed by atoms with Crippen LogP contribution in [0.25, 0.3) is 0 Å². The molecule has 0 radical (unpaired) electrons. The van der Waals surface area contributed by atoms with Crippen LogP contribution in [-0.4, -0.2) is 31.7 Å². The lowest BCUT2D eigenvalue weighted by Gasteiger charge is -2.21. The maximum absolute atomic E-state index is 5.50.